The molecule has 5 heteroatoms. The van der Waals surface area contributed by atoms with Crippen LogP contribution in [0.4, 0.5) is 10.5 Å². The first-order valence-electron chi connectivity index (χ1n) is 8.91. The highest BCUT2D eigenvalue weighted by Gasteiger charge is 2.62. The van der Waals surface area contributed by atoms with Gasteiger partial charge in [0.25, 0.3) is 5.91 Å². The summed E-state index contributed by atoms with van der Waals surface area (Å²) in [6.07, 6.45) is 0. The molecule has 1 aliphatic rings. The molecule has 3 amide bonds. The predicted molar refractivity (Wildman–Crippen MR) is 106 cm³/mol. The number of carbonyl (C=O) groups excluding carboxylic acids is 3. The average molecular weight is 370 g/mol. The highest BCUT2D eigenvalue weighted by atomic mass is 16.2. The minimum atomic E-state index is -1.80. The number of likely N-dealkylation sites (N-methyl/N-ethyl adjacent to an activating group) is 1. The highest BCUT2D eigenvalue weighted by molar-refractivity contribution is 6.31. The number of imide groups is 1. The van der Waals surface area contributed by atoms with E-state index in [1.807, 2.05) is 12.1 Å². The van der Waals surface area contributed by atoms with E-state index in [0.717, 1.165) is 4.90 Å². The molecule has 3 aromatic rings. The predicted octanol–water partition coefficient (Wildman–Crippen LogP) is 3.86. The van der Waals surface area contributed by atoms with E-state index in [9.17, 15) is 14.4 Å². The van der Waals surface area contributed by atoms with Crippen molar-refractivity contribution in [2.75, 3.05) is 11.9 Å². The van der Waals surface area contributed by atoms with Gasteiger partial charge in [0.2, 0.25) is 11.3 Å². The Kier molecular flexibility index (Phi) is 4.28. The van der Waals surface area contributed by atoms with Crippen LogP contribution in [0.5, 0.6) is 0 Å². The van der Waals surface area contributed by atoms with Crippen molar-refractivity contribution in [2.24, 2.45) is 0 Å². The number of rotatable bonds is 4. The van der Waals surface area contributed by atoms with Crippen LogP contribution in [0.1, 0.15) is 15.9 Å². The molecule has 3 aromatic carbocycles. The molecule has 1 fully saturated rings. The number of para-hydroxylation sites is 1. The van der Waals surface area contributed by atoms with E-state index in [2.05, 4.69) is 0 Å². The molecular formula is C23H18N2O3. The van der Waals surface area contributed by atoms with Crippen molar-refractivity contribution >= 4 is 23.4 Å². The molecule has 0 N–H and O–H groups in total. The zero-order valence-corrected chi connectivity index (χ0v) is 15.3. The number of hydrogen-bond donors (Lipinski definition) is 0. The first kappa shape index (κ1) is 17.7. The molecule has 5 nitrogen and oxygen atoms in total. The number of amides is 3. The van der Waals surface area contributed by atoms with E-state index in [-0.39, 0.29) is 0 Å². The third-order valence-corrected chi connectivity index (χ3v) is 5.00. The highest BCUT2D eigenvalue weighted by Crippen LogP contribution is 2.42. The number of hydrogen-bond acceptors (Lipinski definition) is 3. The van der Waals surface area contributed by atoms with Gasteiger partial charge in [0, 0.05) is 18.3 Å². The Bertz CT molecular complexity index is 1040. The smallest absolute Gasteiger partial charge is 0.290 e. The summed E-state index contributed by atoms with van der Waals surface area (Å²) in [4.78, 5) is 42.7. The monoisotopic (exact) mass is 370 g/mol. The SMILES string of the molecule is CN1C(=O)N(c2ccccc2)C(C(=O)c2ccccc2)(c2ccccc2)C1=O. The van der Waals surface area contributed by atoms with Gasteiger partial charge in [0.1, 0.15) is 0 Å². The Morgan fingerprint density at radius 1 is 0.750 bits per heavy atom. The van der Waals surface area contributed by atoms with Crippen LogP contribution in [-0.4, -0.2) is 29.7 Å². The molecule has 1 heterocycles. The standard InChI is InChI=1S/C23H18N2O3/c1-24-21(27)23(18-13-7-3-8-14-18,20(26)17-11-5-2-6-12-17)25(22(24)28)19-15-9-4-10-16-19/h2-16H,1H3. The lowest BCUT2D eigenvalue weighted by Gasteiger charge is -2.34. The third-order valence-electron chi connectivity index (χ3n) is 5.00. The van der Waals surface area contributed by atoms with E-state index in [1.54, 1.807) is 78.9 Å². The molecule has 1 saturated heterocycles. The van der Waals surface area contributed by atoms with Crippen LogP contribution in [0.2, 0.25) is 0 Å². The van der Waals surface area contributed by atoms with Gasteiger partial charge >= 0.3 is 6.03 Å². The summed E-state index contributed by atoms with van der Waals surface area (Å²) in [5.41, 5.74) is -0.493. The fourth-order valence-corrected chi connectivity index (χ4v) is 3.66. The Morgan fingerprint density at radius 2 is 1.25 bits per heavy atom. The molecule has 1 aliphatic heterocycles. The van der Waals surface area contributed by atoms with E-state index < -0.39 is 23.3 Å². The van der Waals surface area contributed by atoms with E-state index in [0.29, 0.717) is 16.8 Å². The topological polar surface area (TPSA) is 57.7 Å². The molecular weight excluding hydrogens is 352 g/mol. The van der Waals surface area contributed by atoms with E-state index >= 15 is 0 Å². The van der Waals surface area contributed by atoms with Gasteiger partial charge in [0.05, 0.1) is 0 Å². The largest absolute Gasteiger partial charge is 0.332 e. The van der Waals surface area contributed by atoms with Crippen LogP contribution in [-0.2, 0) is 10.3 Å². The second-order valence-electron chi connectivity index (χ2n) is 6.59. The lowest BCUT2D eigenvalue weighted by Crippen LogP contribution is -2.53. The second kappa shape index (κ2) is 6.78. The first-order valence-corrected chi connectivity index (χ1v) is 8.91. The zero-order valence-electron chi connectivity index (χ0n) is 15.3. The number of urea groups is 1. The van der Waals surface area contributed by atoms with Gasteiger partial charge in [0.15, 0.2) is 0 Å². The van der Waals surface area contributed by atoms with Gasteiger partial charge in [-0.25, -0.2) is 4.79 Å². The van der Waals surface area contributed by atoms with Crippen molar-refractivity contribution in [1.82, 2.24) is 4.90 Å². The maximum Gasteiger partial charge on any atom is 0.332 e. The summed E-state index contributed by atoms with van der Waals surface area (Å²) in [5.74, 6) is -1.01. The lowest BCUT2D eigenvalue weighted by molar-refractivity contribution is -0.128. The Hall–Kier alpha value is -3.73. The van der Waals surface area contributed by atoms with Gasteiger partial charge in [-0.15, -0.1) is 0 Å². The zero-order chi connectivity index (χ0) is 19.7. The molecule has 0 aromatic heterocycles. The minimum absolute atomic E-state index is 0.365. The summed E-state index contributed by atoms with van der Waals surface area (Å²) in [7, 11) is 1.41. The molecule has 0 saturated carbocycles. The quantitative estimate of drug-likeness (QED) is 0.398. The van der Waals surface area contributed by atoms with Crippen molar-refractivity contribution in [3.63, 3.8) is 0 Å². The van der Waals surface area contributed by atoms with Gasteiger partial charge in [-0.2, -0.15) is 0 Å². The van der Waals surface area contributed by atoms with Crippen LogP contribution < -0.4 is 4.90 Å². The summed E-state index contributed by atoms with van der Waals surface area (Å²) < 4.78 is 0. The molecule has 0 bridgehead atoms. The molecule has 0 spiro atoms. The average Bonchev–Trinajstić information content (AvgIpc) is 2.96. The van der Waals surface area contributed by atoms with Crippen molar-refractivity contribution in [1.29, 1.82) is 0 Å². The maximum absolute atomic E-state index is 13.8. The summed E-state index contributed by atoms with van der Waals surface area (Å²) in [6, 6.07) is 25.6. The summed E-state index contributed by atoms with van der Waals surface area (Å²) >= 11 is 0. The number of carbonyl (C=O) groups is 3. The molecule has 0 radical (unpaired) electrons. The van der Waals surface area contributed by atoms with Crippen molar-refractivity contribution < 1.29 is 14.4 Å². The molecule has 4 rings (SSSR count). The first-order chi connectivity index (χ1) is 13.6. The fourth-order valence-electron chi connectivity index (χ4n) is 3.66. The normalized spacial score (nSPS) is 19.2. The molecule has 1 atom stereocenters. The van der Waals surface area contributed by atoms with Crippen LogP contribution in [0, 0.1) is 0 Å². The number of ketones is 1. The second-order valence-corrected chi connectivity index (χ2v) is 6.59. The lowest BCUT2D eigenvalue weighted by atomic mass is 9.80. The van der Waals surface area contributed by atoms with Crippen molar-refractivity contribution in [3.05, 3.63) is 102 Å². The molecule has 28 heavy (non-hydrogen) atoms. The number of anilines is 1. The van der Waals surface area contributed by atoms with Crippen molar-refractivity contribution in [3.8, 4) is 0 Å². The third kappa shape index (κ3) is 2.44. The summed E-state index contributed by atoms with van der Waals surface area (Å²) in [6.45, 7) is 0. The number of nitrogens with zero attached hydrogens (tertiary/aromatic N) is 2. The van der Waals surface area contributed by atoms with Crippen LogP contribution in [0.25, 0.3) is 0 Å². The van der Waals surface area contributed by atoms with Gasteiger partial charge in [-0.3, -0.25) is 19.4 Å². The van der Waals surface area contributed by atoms with E-state index in [1.165, 1.54) is 11.9 Å². The summed E-state index contributed by atoms with van der Waals surface area (Å²) in [5, 5.41) is 0. The molecule has 138 valence electrons. The van der Waals surface area contributed by atoms with Gasteiger partial charge in [-0.05, 0) is 17.7 Å². The molecule has 1 unspecified atom stereocenters. The number of Topliss-reactive ketones (excluding diaryl/α,β-unsaturated/α-hetero) is 1. The Balaban J connectivity index is 2.04. The fraction of sp³-hybridized carbons (Fsp3) is 0.0870. The number of benzene rings is 3. The minimum Gasteiger partial charge on any atom is -0.290 e. The Morgan fingerprint density at radius 3 is 1.82 bits per heavy atom. The van der Waals surface area contributed by atoms with Gasteiger partial charge in [-0.1, -0.05) is 78.9 Å². The van der Waals surface area contributed by atoms with Gasteiger partial charge < -0.3 is 0 Å². The van der Waals surface area contributed by atoms with Crippen LogP contribution in [0.3, 0.4) is 0 Å². The van der Waals surface area contributed by atoms with Crippen LogP contribution in [0.15, 0.2) is 91.0 Å². The van der Waals surface area contributed by atoms with E-state index in [4.69, 9.17) is 0 Å². The Labute approximate surface area is 162 Å². The molecule has 0 aliphatic carbocycles. The maximum atomic E-state index is 13.8. The van der Waals surface area contributed by atoms with Crippen molar-refractivity contribution in [2.45, 2.75) is 5.54 Å². The van der Waals surface area contributed by atoms with Crippen LogP contribution >= 0.6 is 0 Å².